The van der Waals surface area contributed by atoms with Crippen molar-refractivity contribution in [2.75, 3.05) is 4.90 Å². The van der Waals surface area contributed by atoms with Gasteiger partial charge in [0.25, 0.3) is 0 Å². The van der Waals surface area contributed by atoms with Gasteiger partial charge in [0.15, 0.2) is 0 Å². The molecule has 0 aromatic heterocycles. The summed E-state index contributed by atoms with van der Waals surface area (Å²) in [5, 5.41) is 18.3. The van der Waals surface area contributed by atoms with E-state index in [2.05, 4.69) is 105 Å². The van der Waals surface area contributed by atoms with Crippen LogP contribution in [0.3, 0.4) is 0 Å². The maximum absolute atomic E-state index is 9.43. The third-order valence-electron chi connectivity index (χ3n) is 5.54. The highest BCUT2D eigenvalue weighted by Crippen LogP contribution is 2.27. The fraction of sp³-hybridized carbons (Fsp3) is 0.200. The first-order chi connectivity index (χ1) is 18.4. The average molecular weight is 502 g/mol. The van der Waals surface area contributed by atoms with Crippen LogP contribution in [0.4, 0.5) is 5.69 Å². The van der Waals surface area contributed by atoms with Crippen LogP contribution >= 0.6 is 0 Å². The van der Waals surface area contributed by atoms with Crippen LogP contribution in [0.5, 0.6) is 0 Å². The lowest BCUT2D eigenvalue weighted by atomic mass is 10.1. The number of anilines is 1. The Morgan fingerprint density at radius 2 is 1.68 bits per heavy atom. The fourth-order valence-corrected chi connectivity index (χ4v) is 3.43. The van der Waals surface area contributed by atoms with Crippen LogP contribution in [-0.2, 0) is 0 Å². The number of aryl methyl sites for hydroxylation is 1. The van der Waals surface area contributed by atoms with Gasteiger partial charge in [-0.3, -0.25) is 0 Å². The topological polar surface area (TPSA) is 50.8 Å². The molecule has 3 nitrogen and oxygen atoms in total. The SMILES string of the molecule is C=CC(/C=C/C(C)=C(C#N)/C=C\C(=C)C#N)=C\C/C=C(\C)N(C1=CC=CCC=C1)c1ccc(C)cc1.CC. The van der Waals surface area contributed by atoms with E-state index in [1.165, 1.54) is 5.56 Å². The van der Waals surface area contributed by atoms with Gasteiger partial charge < -0.3 is 4.90 Å². The van der Waals surface area contributed by atoms with Crippen molar-refractivity contribution in [1.82, 2.24) is 0 Å². The highest BCUT2D eigenvalue weighted by Gasteiger charge is 2.12. The largest absolute Gasteiger partial charge is 0.315 e. The molecule has 38 heavy (non-hydrogen) atoms. The van der Waals surface area contributed by atoms with E-state index < -0.39 is 0 Å². The maximum atomic E-state index is 9.43. The van der Waals surface area contributed by atoms with Gasteiger partial charge in [0.05, 0.1) is 17.7 Å². The zero-order chi connectivity index (χ0) is 28.3. The summed E-state index contributed by atoms with van der Waals surface area (Å²) in [5.74, 6) is 0. The summed E-state index contributed by atoms with van der Waals surface area (Å²) in [6.07, 6.45) is 25.4. The number of hydrogen-bond donors (Lipinski definition) is 0. The number of allylic oxidation sites excluding steroid dienone is 17. The van der Waals surface area contributed by atoms with E-state index in [9.17, 15) is 5.26 Å². The Morgan fingerprint density at radius 3 is 2.32 bits per heavy atom. The van der Waals surface area contributed by atoms with Gasteiger partial charge in [0, 0.05) is 22.7 Å². The number of hydrogen-bond acceptors (Lipinski definition) is 3. The lowest BCUT2D eigenvalue weighted by molar-refractivity contribution is 1.08. The predicted octanol–water partition coefficient (Wildman–Crippen LogP) is 9.67. The van der Waals surface area contributed by atoms with E-state index in [4.69, 9.17) is 5.26 Å². The van der Waals surface area contributed by atoms with Crippen LogP contribution in [0.1, 0.15) is 46.1 Å². The summed E-state index contributed by atoms with van der Waals surface area (Å²) in [4.78, 5) is 2.26. The zero-order valence-corrected chi connectivity index (χ0v) is 23.4. The van der Waals surface area contributed by atoms with Gasteiger partial charge in [-0.25, -0.2) is 0 Å². The number of nitrogens with zero attached hydrogens (tertiary/aromatic N) is 3. The Labute approximate surface area is 230 Å². The third kappa shape index (κ3) is 10.6. The van der Waals surface area contributed by atoms with Gasteiger partial charge in [-0.15, -0.1) is 0 Å². The predicted molar refractivity (Wildman–Crippen MR) is 164 cm³/mol. The smallest absolute Gasteiger partial charge is 0.0994 e. The molecular formula is C35H39N3. The van der Waals surface area contributed by atoms with E-state index in [1.807, 2.05) is 39.0 Å². The minimum atomic E-state index is 0.305. The molecule has 0 heterocycles. The van der Waals surface area contributed by atoms with Gasteiger partial charge in [0.2, 0.25) is 0 Å². The lowest BCUT2D eigenvalue weighted by Crippen LogP contribution is -2.19. The van der Waals surface area contributed by atoms with Crippen molar-refractivity contribution in [2.45, 2.75) is 47.5 Å². The summed E-state index contributed by atoms with van der Waals surface area (Å²) in [7, 11) is 0. The zero-order valence-electron chi connectivity index (χ0n) is 23.4. The molecule has 1 aromatic carbocycles. The van der Waals surface area contributed by atoms with Crippen molar-refractivity contribution in [1.29, 1.82) is 10.5 Å². The van der Waals surface area contributed by atoms with E-state index in [1.54, 1.807) is 18.2 Å². The second kappa shape index (κ2) is 17.8. The summed E-state index contributed by atoms with van der Waals surface area (Å²) in [6, 6.07) is 12.7. The fourth-order valence-electron chi connectivity index (χ4n) is 3.43. The average Bonchev–Trinajstić information content (AvgIpc) is 3.22. The highest BCUT2D eigenvalue weighted by atomic mass is 15.1. The molecule has 0 fully saturated rings. The standard InChI is InChI=1S/C33H33N3.C2H6/c1-6-30(20-19-28(4)31(25-35)21-16-27(3)24-34)13-11-12-29(5)36(32-14-9-7-8-10-15-32)33-22-17-26(2)18-23-33;1-2/h6-7,9-10,12-23H,1,3,8,11H2,2,4-5H3;1-2H3/b20-19+,21-16-,29-12+,30-13+,31-28-;. The molecule has 0 saturated heterocycles. The van der Waals surface area contributed by atoms with Crippen LogP contribution in [-0.4, -0.2) is 0 Å². The highest BCUT2D eigenvalue weighted by molar-refractivity contribution is 5.61. The van der Waals surface area contributed by atoms with Crippen molar-refractivity contribution < 1.29 is 0 Å². The van der Waals surface area contributed by atoms with Crippen molar-refractivity contribution in [3.05, 3.63) is 150 Å². The number of benzene rings is 1. The molecule has 0 bridgehead atoms. The number of nitriles is 2. The number of rotatable bonds is 10. The normalized spacial score (nSPS) is 14.0. The van der Waals surface area contributed by atoms with Gasteiger partial charge in [-0.1, -0.05) is 93.3 Å². The summed E-state index contributed by atoms with van der Waals surface area (Å²) in [5.41, 5.74) is 7.12. The first-order valence-corrected chi connectivity index (χ1v) is 12.8. The van der Waals surface area contributed by atoms with Crippen molar-refractivity contribution in [3.8, 4) is 12.1 Å². The molecule has 0 amide bonds. The monoisotopic (exact) mass is 501 g/mol. The molecule has 0 unspecified atom stereocenters. The first-order valence-electron chi connectivity index (χ1n) is 12.8. The minimum Gasteiger partial charge on any atom is -0.315 e. The lowest BCUT2D eigenvalue weighted by Gasteiger charge is -2.27. The second-order valence-electron chi connectivity index (χ2n) is 8.33. The van der Waals surface area contributed by atoms with Crippen LogP contribution in [0, 0.1) is 29.6 Å². The molecular weight excluding hydrogens is 462 g/mol. The molecule has 0 N–H and O–H groups in total. The van der Waals surface area contributed by atoms with Crippen LogP contribution in [0.15, 0.2) is 144 Å². The van der Waals surface area contributed by atoms with Gasteiger partial charge in [-0.05, 0) is 81.2 Å². The Morgan fingerprint density at radius 1 is 0.974 bits per heavy atom. The van der Waals surface area contributed by atoms with Crippen molar-refractivity contribution in [2.24, 2.45) is 0 Å². The van der Waals surface area contributed by atoms with Gasteiger partial charge in [0.1, 0.15) is 0 Å². The molecule has 0 aliphatic heterocycles. The van der Waals surface area contributed by atoms with Crippen LogP contribution in [0.2, 0.25) is 0 Å². The summed E-state index contributed by atoms with van der Waals surface area (Å²) < 4.78 is 0. The molecule has 0 spiro atoms. The molecule has 3 heteroatoms. The molecule has 0 saturated carbocycles. The Hall–Kier alpha value is -4.60. The molecule has 1 aliphatic rings. The van der Waals surface area contributed by atoms with Crippen molar-refractivity contribution >= 4 is 5.69 Å². The molecule has 2 rings (SSSR count). The van der Waals surface area contributed by atoms with Crippen LogP contribution < -0.4 is 4.90 Å². The van der Waals surface area contributed by atoms with Gasteiger partial charge >= 0.3 is 0 Å². The first kappa shape index (κ1) is 31.4. The maximum Gasteiger partial charge on any atom is 0.0994 e. The Balaban J connectivity index is 0.00000352. The van der Waals surface area contributed by atoms with Gasteiger partial charge in [-0.2, -0.15) is 10.5 Å². The van der Waals surface area contributed by atoms with Crippen LogP contribution in [0.25, 0.3) is 0 Å². The second-order valence-corrected chi connectivity index (χ2v) is 8.33. The molecule has 1 aliphatic carbocycles. The minimum absolute atomic E-state index is 0.305. The molecule has 0 radical (unpaired) electrons. The van der Waals surface area contributed by atoms with E-state index >= 15 is 0 Å². The van der Waals surface area contributed by atoms with Crippen molar-refractivity contribution in [3.63, 3.8) is 0 Å². The molecule has 1 aromatic rings. The quantitative estimate of drug-likeness (QED) is 0.237. The Kier molecular flexibility index (Phi) is 14.7. The molecule has 0 atom stereocenters. The summed E-state index contributed by atoms with van der Waals surface area (Å²) in [6.45, 7) is 17.6. The third-order valence-corrected chi connectivity index (χ3v) is 5.54. The van der Waals surface area contributed by atoms with E-state index in [0.29, 0.717) is 11.1 Å². The Bertz CT molecular complexity index is 1290. The van der Waals surface area contributed by atoms with E-state index in [0.717, 1.165) is 41.1 Å². The molecule has 194 valence electrons. The van der Waals surface area contributed by atoms with E-state index in [-0.39, 0.29) is 0 Å². The summed E-state index contributed by atoms with van der Waals surface area (Å²) >= 11 is 0.